The molecule has 2 heterocycles. The Bertz CT molecular complexity index is 697. The summed E-state index contributed by atoms with van der Waals surface area (Å²) in [6, 6.07) is 7.21. The van der Waals surface area contributed by atoms with Gasteiger partial charge in [0.1, 0.15) is 11.3 Å². The molecule has 0 bridgehead atoms. The number of unbranched alkanes of at least 4 members (excludes halogenated alkanes) is 1. The van der Waals surface area contributed by atoms with Gasteiger partial charge in [-0.25, -0.2) is 9.59 Å². The highest BCUT2D eigenvalue weighted by molar-refractivity contribution is 6.18. The van der Waals surface area contributed by atoms with Gasteiger partial charge in [-0.05, 0) is 43.2 Å². The lowest BCUT2D eigenvalue weighted by Gasteiger charge is -2.29. The molecular formula is C21H27NO6. The molecule has 3 rings (SSSR count). The van der Waals surface area contributed by atoms with Crippen LogP contribution in [0.5, 0.6) is 5.75 Å². The average molecular weight is 389 g/mol. The highest BCUT2D eigenvalue weighted by Gasteiger charge is 2.38. The molecule has 2 saturated heterocycles. The van der Waals surface area contributed by atoms with Gasteiger partial charge in [-0.15, -0.1) is 0 Å². The predicted molar refractivity (Wildman–Crippen MR) is 103 cm³/mol. The van der Waals surface area contributed by atoms with Crippen molar-refractivity contribution >= 4 is 18.0 Å². The number of nitrogens with zero attached hydrogens (tertiary/aromatic N) is 1. The number of cyclic esters (lactones) is 2. The van der Waals surface area contributed by atoms with E-state index >= 15 is 0 Å². The number of carbonyl (C=O) groups is 2. The molecule has 7 nitrogen and oxygen atoms in total. The number of morpholine rings is 1. The van der Waals surface area contributed by atoms with Crippen LogP contribution in [0.15, 0.2) is 29.8 Å². The third-order valence-corrected chi connectivity index (χ3v) is 4.55. The topological polar surface area (TPSA) is 74.3 Å². The third-order valence-electron chi connectivity index (χ3n) is 4.55. The summed E-state index contributed by atoms with van der Waals surface area (Å²) in [6.45, 7) is 8.44. The fourth-order valence-electron chi connectivity index (χ4n) is 3.06. The SMILES string of the molecule is CC1(C)OC(=O)C(=Cc2ccc(OCCCCN3CCOCC3)cc2)C(=O)O1. The maximum atomic E-state index is 12.0. The van der Waals surface area contributed by atoms with Gasteiger partial charge in [-0.2, -0.15) is 0 Å². The van der Waals surface area contributed by atoms with Gasteiger partial charge in [0.05, 0.1) is 19.8 Å². The lowest BCUT2D eigenvalue weighted by molar-refractivity contribution is -0.222. The second kappa shape index (κ2) is 9.21. The molecule has 0 saturated carbocycles. The first-order chi connectivity index (χ1) is 13.4. The molecule has 2 fully saturated rings. The first kappa shape index (κ1) is 20.4. The highest BCUT2D eigenvalue weighted by atomic mass is 16.7. The number of benzene rings is 1. The van der Waals surface area contributed by atoms with Crippen molar-refractivity contribution in [2.75, 3.05) is 39.5 Å². The molecule has 0 radical (unpaired) electrons. The Hall–Kier alpha value is -2.38. The van der Waals surface area contributed by atoms with Crippen molar-refractivity contribution in [2.45, 2.75) is 32.5 Å². The van der Waals surface area contributed by atoms with Gasteiger partial charge in [0, 0.05) is 26.9 Å². The zero-order valence-electron chi connectivity index (χ0n) is 16.4. The minimum Gasteiger partial charge on any atom is -0.494 e. The van der Waals surface area contributed by atoms with Gasteiger partial charge in [0.2, 0.25) is 0 Å². The van der Waals surface area contributed by atoms with Crippen LogP contribution >= 0.6 is 0 Å². The molecule has 2 aliphatic rings. The Kier molecular flexibility index (Phi) is 6.70. The Morgan fingerprint density at radius 3 is 2.32 bits per heavy atom. The van der Waals surface area contributed by atoms with Crippen molar-refractivity contribution in [1.82, 2.24) is 4.90 Å². The van der Waals surface area contributed by atoms with Crippen molar-refractivity contribution in [3.63, 3.8) is 0 Å². The molecule has 2 aliphatic heterocycles. The minimum absolute atomic E-state index is 0.115. The van der Waals surface area contributed by atoms with Crippen LogP contribution in [0.4, 0.5) is 0 Å². The van der Waals surface area contributed by atoms with E-state index in [1.807, 2.05) is 12.1 Å². The molecular weight excluding hydrogens is 362 g/mol. The average Bonchev–Trinajstić information content (AvgIpc) is 2.66. The lowest BCUT2D eigenvalue weighted by atomic mass is 10.1. The zero-order chi connectivity index (χ0) is 20.0. The summed E-state index contributed by atoms with van der Waals surface area (Å²) in [5.74, 6) is -1.84. The fraction of sp³-hybridized carbons (Fsp3) is 0.524. The van der Waals surface area contributed by atoms with E-state index < -0.39 is 17.7 Å². The Balaban J connectivity index is 1.44. The molecule has 0 N–H and O–H groups in total. The molecule has 0 atom stereocenters. The van der Waals surface area contributed by atoms with Crippen LogP contribution in [0.3, 0.4) is 0 Å². The van der Waals surface area contributed by atoms with E-state index in [9.17, 15) is 9.59 Å². The van der Waals surface area contributed by atoms with E-state index in [0.29, 0.717) is 12.2 Å². The smallest absolute Gasteiger partial charge is 0.348 e. The number of esters is 2. The van der Waals surface area contributed by atoms with Crippen LogP contribution in [-0.4, -0.2) is 62.1 Å². The molecule has 0 aromatic heterocycles. The quantitative estimate of drug-likeness (QED) is 0.307. The van der Waals surface area contributed by atoms with Gasteiger partial charge in [-0.3, -0.25) is 4.90 Å². The first-order valence-electron chi connectivity index (χ1n) is 9.64. The van der Waals surface area contributed by atoms with Gasteiger partial charge in [0.15, 0.2) is 0 Å². The third kappa shape index (κ3) is 5.81. The van der Waals surface area contributed by atoms with E-state index in [-0.39, 0.29) is 5.57 Å². The van der Waals surface area contributed by atoms with Crippen LogP contribution in [0, 0.1) is 0 Å². The van der Waals surface area contributed by atoms with Crippen molar-refractivity contribution in [3.8, 4) is 5.75 Å². The lowest BCUT2D eigenvalue weighted by Crippen LogP contribution is -2.41. The zero-order valence-corrected chi connectivity index (χ0v) is 16.4. The van der Waals surface area contributed by atoms with Gasteiger partial charge in [-0.1, -0.05) is 12.1 Å². The highest BCUT2D eigenvalue weighted by Crippen LogP contribution is 2.24. The van der Waals surface area contributed by atoms with E-state index in [4.69, 9.17) is 18.9 Å². The molecule has 0 spiro atoms. The van der Waals surface area contributed by atoms with Crippen molar-refractivity contribution in [3.05, 3.63) is 35.4 Å². The monoisotopic (exact) mass is 389 g/mol. The number of rotatable bonds is 7. The molecule has 0 amide bonds. The van der Waals surface area contributed by atoms with Crippen LogP contribution in [-0.2, 0) is 23.8 Å². The Labute approximate surface area is 165 Å². The molecule has 1 aromatic carbocycles. The van der Waals surface area contributed by atoms with Crippen molar-refractivity contribution in [2.24, 2.45) is 0 Å². The summed E-state index contributed by atoms with van der Waals surface area (Å²) in [5, 5.41) is 0. The number of carbonyl (C=O) groups excluding carboxylic acids is 2. The van der Waals surface area contributed by atoms with Crippen LogP contribution in [0.1, 0.15) is 32.3 Å². The standard InChI is InChI=1S/C21H27NO6/c1-21(2)27-19(23)18(20(24)28-21)15-16-5-7-17(8-6-16)26-12-4-3-9-22-10-13-25-14-11-22/h5-8,15H,3-4,9-14H2,1-2H3. The summed E-state index contributed by atoms with van der Waals surface area (Å²) in [5.41, 5.74) is 0.583. The van der Waals surface area contributed by atoms with E-state index in [2.05, 4.69) is 4.90 Å². The maximum Gasteiger partial charge on any atom is 0.348 e. The summed E-state index contributed by atoms with van der Waals surface area (Å²) in [6.07, 6.45) is 3.54. The van der Waals surface area contributed by atoms with Gasteiger partial charge >= 0.3 is 11.9 Å². The van der Waals surface area contributed by atoms with E-state index in [1.165, 1.54) is 19.9 Å². The van der Waals surface area contributed by atoms with Crippen LogP contribution in [0.2, 0.25) is 0 Å². The van der Waals surface area contributed by atoms with E-state index in [0.717, 1.165) is 51.4 Å². The fourth-order valence-corrected chi connectivity index (χ4v) is 3.06. The van der Waals surface area contributed by atoms with Crippen LogP contribution < -0.4 is 4.74 Å². The van der Waals surface area contributed by atoms with Gasteiger partial charge < -0.3 is 18.9 Å². The Morgan fingerprint density at radius 1 is 1.04 bits per heavy atom. The molecule has 28 heavy (non-hydrogen) atoms. The summed E-state index contributed by atoms with van der Waals surface area (Å²) in [4.78, 5) is 26.4. The molecule has 7 heteroatoms. The molecule has 0 unspecified atom stereocenters. The second-order valence-corrected chi connectivity index (χ2v) is 7.32. The molecule has 1 aromatic rings. The largest absolute Gasteiger partial charge is 0.494 e. The summed E-state index contributed by atoms with van der Waals surface area (Å²) < 4.78 is 21.3. The second-order valence-electron chi connectivity index (χ2n) is 7.32. The Morgan fingerprint density at radius 2 is 1.68 bits per heavy atom. The predicted octanol–water partition coefficient (Wildman–Crippen LogP) is 2.40. The number of hydrogen-bond acceptors (Lipinski definition) is 7. The summed E-state index contributed by atoms with van der Waals surface area (Å²) >= 11 is 0. The summed E-state index contributed by atoms with van der Waals surface area (Å²) in [7, 11) is 0. The first-order valence-corrected chi connectivity index (χ1v) is 9.64. The number of hydrogen-bond donors (Lipinski definition) is 0. The van der Waals surface area contributed by atoms with Gasteiger partial charge in [0.25, 0.3) is 5.79 Å². The number of ether oxygens (including phenoxy) is 4. The minimum atomic E-state index is -1.23. The normalized spacial score (nSPS) is 19.7. The van der Waals surface area contributed by atoms with E-state index in [1.54, 1.807) is 12.1 Å². The van der Waals surface area contributed by atoms with Crippen LogP contribution in [0.25, 0.3) is 6.08 Å². The maximum absolute atomic E-state index is 12.0. The van der Waals surface area contributed by atoms with Crippen molar-refractivity contribution in [1.29, 1.82) is 0 Å². The molecule has 0 aliphatic carbocycles. The molecule has 152 valence electrons. The van der Waals surface area contributed by atoms with Crippen molar-refractivity contribution < 1.29 is 28.5 Å².